The molecular formula is C17H13N3S. The van der Waals surface area contributed by atoms with Gasteiger partial charge in [-0.15, -0.1) is 0 Å². The van der Waals surface area contributed by atoms with Crippen LogP contribution >= 0.6 is 12.2 Å². The van der Waals surface area contributed by atoms with Crippen molar-refractivity contribution in [2.75, 3.05) is 0 Å². The highest BCUT2D eigenvalue weighted by molar-refractivity contribution is 7.71. The number of imidazole rings is 1. The first-order chi connectivity index (χ1) is 10.2. The zero-order valence-electron chi connectivity index (χ0n) is 11.5. The molecule has 2 aromatic carbocycles. The van der Waals surface area contributed by atoms with Crippen molar-refractivity contribution in [1.82, 2.24) is 14.4 Å². The van der Waals surface area contributed by atoms with E-state index >= 15 is 0 Å². The molecule has 21 heavy (non-hydrogen) atoms. The van der Waals surface area contributed by atoms with Gasteiger partial charge in [-0.3, -0.25) is 4.40 Å². The number of H-pyrrole nitrogens is 1. The summed E-state index contributed by atoms with van der Waals surface area (Å²) in [4.78, 5) is 7.95. The van der Waals surface area contributed by atoms with Gasteiger partial charge in [-0.2, -0.15) is 0 Å². The lowest BCUT2D eigenvalue weighted by molar-refractivity contribution is 1.09. The molecule has 0 aliphatic heterocycles. The Labute approximate surface area is 126 Å². The number of hydrogen-bond acceptors (Lipinski definition) is 2. The fourth-order valence-corrected chi connectivity index (χ4v) is 2.81. The van der Waals surface area contributed by atoms with Gasteiger partial charge < -0.3 is 4.98 Å². The Balaban J connectivity index is 2.05. The minimum absolute atomic E-state index is 0.568. The van der Waals surface area contributed by atoms with E-state index in [1.807, 2.05) is 28.8 Å². The van der Waals surface area contributed by atoms with Gasteiger partial charge in [0.05, 0.1) is 11.2 Å². The van der Waals surface area contributed by atoms with Gasteiger partial charge in [0.1, 0.15) is 5.65 Å². The summed E-state index contributed by atoms with van der Waals surface area (Å²) >= 11 is 5.40. The van der Waals surface area contributed by atoms with Gasteiger partial charge in [0.2, 0.25) is 4.77 Å². The molecule has 0 spiro atoms. The van der Waals surface area contributed by atoms with E-state index in [0.29, 0.717) is 4.77 Å². The van der Waals surface area contributed by atoms with Crippen molar-refractivity contribution in [3.05, 3.63) is 65.1 Å². The molecule has 4 heteroatoms. The molecule has 0 amide bonds. The molecule has 2 heterocycles. The summed E-state index contributed by atoms with van der Waals surface area (Å²) in [5.74, 6) is 0. The summed E-state index contributed by atoms with van der Waals surface area (Å²) in [5, 5.41) is 1.07. The van der Waals surface area contributed by atoms with Crippen LogP contribution < -0.4 is 0 Å². The van der Waals surface area contributed by atoms with E-state index < -0.39 is 0 Å². The number of nitrogens with zero attached hydrogens (tertiary/aromatic N) is 2. The summed E-state index contributed by atoms with van der Waals surface area (Å²) < 4.78 is 2.51. The minimum Gasteiger partial charge on any atom is -0.339 e. The third-order valence-electron chi connectivity index (χ3n) is 3.70. The first-order valence-corrected chi connectivity index (χ1v) is 7.20. The molecule has 0 aliphatic carbocycles. The molecular weight excluding hydrogens is 278 g/mol. The number of para-hydroxylation sites is 1. The van der Waals surface area contributed by atoms with Crippen molar-refractivity contribution < 1.29 is 0 Å². The van der Waals surface area contributed by atoms with E-state index in [1.54, 1.807) is 0 Å². The quantitative estimate of drug-likeness (QED) is 0.523. The lowest BCUT2D eigenvalue weighted by Crippen LogP contribution is -1.91. The first kappa shape index (κ1) is 12.3. The predicted molar refractivity (Wildman–Crippen MR) is 88.1 cm³/mol. The number of aromatic nitrogens is 3. The minimum atomic E-state index is 0.568. The van der Waals surface area contributed by atoms with Crippen molar-refractivity contribution in [3.8, 4) is 11.3 Å². The number of hydrogen-bond donors (Lipinski definition) is 1. The first-order valence-electron chi connectivity index (χ1n) is 6.79. The fourth-order valence-electron chi connectivity index (χ4n) is 2.57. The van der Waals surface area contributed by atoms with Crippen molar-refractivity contribution >= 4 is 28.8 Å². The smallest absolute Gasteiger partial charge is 0.205 e. The average Bonchev–Trinajstić information content (AvgIpc) is 2.94. The van der Waals surface area contributed by atoms with Crippen molar-refractivity contribution in [3.63, 3.8) is 0 Å². The normalized spacial score (nSPS) is 11.3. The Hall–Kier alpha value is -2.46. The number of aryl methyl sites for hydroxylation is 1. The van der Waals surface area contributed by atoms with Gasteiger partial charge in [-0.1, -0.05) is 42.0 Å². The standard InChI is InChI=1S/C17H13N3S/c1-11-6-8-12(9-7-11)15-10-20-16(18-15)13-4-2-3-5-14(13)19-17(20)21/h2-10,18H,1H3. The number of rotatable bonds is 1. The summed E-state index contributed by atoms with van der Waals surface area (Å²) in [6.45, 7) is 2.09. The Morgan fingerprint density at radius 2 is 1.81 bits per heavy atom. The highest BCUT2D eigenvalue weighted by Crippen LogP contribution is 2.23. The van der Waals surface area contributed by atoms with Crippen molar-refractivity contribution in [2.45, 2.75) is 6.92 Å². The predicted octanol–water partition coefficient (Wildman–Crippen LogP) is 4.52. The van der Waals surface area contributed by atoms with E-state index in [4.69, 9.17) is 12.2 Å². The Kier molecular flexibility index (Phi) is 2.65. The second-order valence-electron chi connectivity index (χ2n) is 5.16. The summed E-state index contributed by atoms with van der Waals surface area (Å²) in [5.41, 5.74) is 5.33. The van der Waals surface area contributed by atoms with E-state index in [2.05, 4.69) is 47.2 Å². The number of aromatic amines is 1. The van der Waals surface area contributed by atoms with E-state index in [9.17, 15) is 0 Å². The lowest BCUT2D eigenvalue weighted by atomic mass is 10.1. The van der Waals surface area contributed by atoms with Crippen LogP contribution in [-0.2, 0) is 0 Å². The van der Waals surface area contributed by atoms with Gasteiger partial charge in [0.15, 0.2) is 0 Å². The molecule has 0 saturated heterocycles. The summed E-state index contributed by atoms with van der Waals surface area (Å²) in [6, 6.07) is 16.5. The van der Waals surface area contributed by atoms with E-state index in [-0.39, 0.29) is 0 Å². The van der Waals surface area contributed by atoms with Gasteiger partial charge >= 0.3 is 0 Å². The second kappa shape index (κ2) is 4.53. The summed E-state index contributed by atoms with van der Waals surface area (Å²) in [7, 11) is 0. The molecule has 102 valence electrons. The van der Waals surface area contributed by atoms with Crippen molar-refractivity contribution in [2.24, 2.45) is 0 Å². The van der Waals surface area contributed by atoms with E-state index in [0.717, 1.165) is 27.8 Å². The number of benzene rings is 2. The third-order valence-corrected chi connectivity index (χ3v) is 3.98. The molecule has 0 atom stereocenters. The van der Waals surface area contributed by atoms with Crippen LogP contribution in [0.3, 0.4) is 0 Å². The molecule has 1 N–H and O–H groups in total. The largest absolute Gasteiger partial charge is 0.339 e. The Morgan fingerprint density at radius 1 is 1.05 bits per heavy atom. The van der Waals surface area contributed by atoms with Crippen LogP contribution in [0.4, 0.5) is 0 Å². The van der Waals surface area contributed by atoms with Crippen LogP contribution in [0.1, 0.15) is 5.56 Å². The van der Waals surface area contributed by atoms with Crippen LogP contribution in [0.25, 0.3) is 27.8 Å². The van der Waals surface area contributed by atoms with Crippen LogP contribution in [-0.4, -0.2) is 14.4 Å². The third kappa shape index (κ3) is 1.96. The van der Waals surface area contributed by atoms with Gasteiger partial charge in [-0.25, -0.2) is 4.98 Å². The lowest BCUT2D eigenvalue weighted by Gasteiger charge is -1.99. The van der Waals surface area contributed by atoms with Crippen LogP contribution in [0.2, 0.25) is 0 Å². The maximum Gasteiger partial charge on any atom is 0.205 e. The fraction of sp³-hybridized carbons (Fsp3) is 0.0588. The molecule has 0 bridgehead atoms. The summed E-state index contributed by atoms with van der Waals surface area (Å²) in [6.07, 6.45) is 2.02. The molecule has 0 aliphatic rings. The zero-order valence-corrected chi connectivity index (χ0v) is 12.3. The maximum absolute atomic E-state index is 5.40. The van der Waals surface area contributed by atoms with Crippen LogP contribution in [0.5, 0.6) is 0 Å². The van der Waals surface area contributed by atoms with Crippen LogP contribution in [0, 0.1) is 11.7 Å². The molecule has 0 radical (unpaired) electrons. The molecule has 4 aromatic rings. The average molecular weight is 291 g/mol. The van der Waals surface area contributed by atoms with Gasteiger partial charge in [-0.05, 0) is 36.8 Å². The van der Waals surface area contributed by atoms with Crippen molar-refractivity contribution in [1.29, 1.82) is 0 Å². The molecule has 0 fully saturated rings. The second-order valence-corrected chi connectivity index (χ2v) is 5.53. The Morgan fingerprint density at radius 3 is 2.62 bits per heavy atom. The highest BCUT2D eigenvalue weighted by Gasteiger charge is 2.08. The molecule has 0 unspecified atom stereocenters. The monoisotopic (exact) mass is 291 g/mol. The van der Waals surface area contributed by atoms with Gasteiger partial charge in [0.25, 0.3) is 0 Å². The van der Waals surface area contributed by atoms with Gasteiger partial charge in [0, 0.05) is 11.6 Å². The SMILES string of the molecule is Cc1ccc(-c2cn3c(=S)nc4ccccc4c3[nH]2)cc1. The number of nitrogens with one attached hydrogen (secondary N) is 1. The topological polar surface area (TPSA) is 33.1 Å². The molecule has 4 rings (SSSR count). The molecule has 2 aromatic heterocycles. The Bertz CT molecular complexity index is 1010. The highest BCUT2D eigenvalue weighted by atomic mass is 32.1. The number of fused-ring (bicyclic) bond motifs is 3. The van der Waals surface area contributed by atoms with Crippen LogP contribution in [0.15, 0.2) is 54.7 Å². The van der Waals surface area contributed by atoms with E-state index in [1.165, 1.54) is 5.56 Å². The molecule has 3 nitrogen and oxygen atoms in total. The molecule has 0 saturated carbocycles. The zero-order chi connectivity index (χ0) is 14.4. The maximum atomic E-state index is 5.40.